The molecule has 1 fully saturated rings. The van der Waals surface area contributed by atoms with Crippen LogP contribution in [0.2, 0.25) is 5.02 Å². The molecule has 0 bridgehead atoms. The third-order valence-corrected chi connectivity index (χ3v) is 6.81. The van der Waals surface area contributed by atoms with E-state index >= 15 is 0 Å². The largest absolute Gasteiger partial charge is 0.370 e. The van der Waals surface area contributed by atoms with Gasteiger partial charge in [-0.15, -0.1) is 0 Å². The van der Waals surface area contributed by atoms with Crippen molar-refractivity contribution in [2.24, 2.45) is 10.7 Å². The molecule has 1 aliphatic rings. The molecule has 1 heterocycles. The molecule has 1 saturated heterocycles. The lowest BCUT2D eigenvalue weighted by molar-refractivity contribution is 0.381. The van der Waals surface area contributed by atoms with E-state index in [0.717, 1.165) is 36.9 Å². The number of halogens is 1. The van der Waals surface area contributed by atoms with Gasteiger partial charge in [0.05, 0.1) is 10.6 Å². The molecule has 0 spiro atoms. The van der Waals surface area contributed by atoms with E-state index < -0.39 is 9.84 Å². The van der Waals surface area contributed by atoms with Crippen molar-refractivity contribution in [1.29, 1.82) is 0 Å². The smallest absolute Gasteiger partial charge is 0.191 e. The zero-order chi connectivity index (χ0) is 20.0. The van der Waals surface area contributed by atoms with Gasteiger partial charge in [-0.1, -0.05) is 29.8 Å². The van der Waals surface area contributed by atoms with Crippen molar-refractivity contribution in [3.8, 4) is 0 Å². The Morgan fingerprint density at radius 3 is 2.29 bits per heavy atom. The van der Waals surface area contributed by atoms with Crippen molar-refractivity contribution in [1.82, 2.24) is 4.90 Å². The van der Waals surface area contributed by atoms with Crippen LogP contribution in [0.4, 0.5) is 5.69 Å². The molecule has 0 amide bonds. The van der Waals surface area contributed by atoms with Crippen LogP contribution in [-0.4, -0.2) is 57.8 Å². The highest BCUT2D eigenvalue weighted by molar-refractivity contribution is 7.91. The number of anilines is 1. The Balaban J connectivity index is 1.45. The first kappa shape index (κ1) is 20.5. The second kappa shape index (κ2) is 9.30. The molecule has 0 unspecified atom stereocenters. The summed E-state index contributed by atoms with van der Waals surface area (Å²) in [4.78, 5) is 9.05. The first-order chi connectivity index (χ1) is 13.5. The van der Waals surface area contributed by atoms with Gasteiger partial charge in [-0.2, -0.15) is 0 Å². The molecule has 2 aromatic rings. The maximum Gasteiger partial charge on any atom is 0.191 e. The van der Waals surface area contributed by atoms with Crippen LogP contribution in [0.3, 0.4) is 0 Å². The number of benzene rings is 2. The lowest BCUT2D eigenvalue weighted by Crippen LogP contribution is -2.51. The summed E-state index contributed by atoms with van der Waals surface area (Å²) in [6.07, 6.45) is 0.447. The number of hydrogen-bond donors (Lipinski definition) is 1. The van der Waals surface area contributed by atoms with Crippen molar-refractivity contribution < 1.29 is 8.42 Å². The molecule has 150 valence electrons. The van der Waals surface area contributed by atoms with Gasteiger partial charge >= 0.3 is 0 Å². The molecule has 0 aromatic heterocycles. The molecule has 2 N–H and O–H groups in total. The molecular formula is C20H25ClN4O2S. The number of piperazine rings is 1. The molecule has 3 rings (SSSR count). The Morgan fingerprint density at radius 1 is 1.00 bits per heavy atom. The monoisotopic (exact) mass is 420 g/mol. The molecular weight excluding hydrogens is 396 g/mol. The molecule has 6 nitrogen and oxygen atoms in total. The molecule has 0 atom stereocenters. The Bertz CT molecular complexity index is 894. The third-order valence-electron chi connectivity index (χ3n) is 4.74. The van der Waals surface area contributed by atoms with E-state index in [1.807, 2.05) is 29.2 Å². The molecule has 28 heavy (non-hydrogen) atoms. The van der Waals surface area contributed by atoms with Gasteiger partial charge in [0, 0.05) is 43.4 Å². The summed E-state index contributed by atoms with van der Waals surface area (Å²) in [5.41, 5.74) is 7.25. The Kier molecular flexibility index (Phi) is 6.80. The highest BCUT2D eigenvalue weighted by Crippen LogP contribution is 2.19. The van der Waals surface area contributed by atoms with Gasteiger partial charge in [-0.05, 0) is 42.8 Å². The number of sulfone groups is 1. The van der Waals surface area contributed by atoms with Crippen LogP contribution in [0.1, 0.15) is 6.42 Å². The summed E-state index contributed by atoms with van der Waals surface area (Å²) in [5.74, 6) is 0.547. The van der Waals surface area contributed by atoms with E-state index in [1.54, 1.807) is 30.3 Å². The van der Waals surface area contributed by atoms with E-state index in [4.69, 9.17) is 17.3 Å². The summed E-state index contributed by atoms with van der Waals surface area (Å²) in [7, 11) is -3.26. The van der Waals surface area contributed by atoms with Gasteiger partial charge in [0.1, 0.15) is 0 Å². The van der Waals surface area contributed by atoms with Crippen LogP contribution in [0.5, 0.6) is 0 Å². The van der Waals surface area contributed by atoms with E-state index in [-0.39, 0.29) is 5.75 Å². The average molecular weight is 421 g/mol. The number of hydrogen-bond acceptors (Lipinski definition) is 4. The van der Waals surface area contributed by atoms with E-state index in [1.165, 1.54) is 0 Å². The van der Waals surface area contributed by atoms with Crippen LogP contribution in [0.25, 0.3) is 0 Å². The Morgan fingerprint density at radius 2 is 1.64 bits per heavy atom. The summed E-state index contributed by atoms with van der Waals surface area (Å²) >= 11 is 5.94. The summed E-state index contributed by atoms with van der Waals surface area (Å²) < 4.78 is 24.5. The van der Waals surface area contributed by atoms with E-state index in [9.17, 15) is 8.42 Å². The second-order valence-corrected chi connectivity index (χ2v) is 9.22. The van der Waals surface area contributed by atoms with Crippen molar-refractivity contribution in [3.05, 3.63) is 59.6 Å². The fourth-order valence-electron chi connectivity index (χ4n) is 3.14. The predicted molar refractivity (Wildman–Crippen MR) is 115 cm³/mol. The van der Waals surface area contributed by atoms with E-state index in [0.29, 0.717) is 23.8 Å². The van der Waals surface area contributed by atoms with Gasteiger partial charge in [-0.3, -0.25) is 4.99 Å². The van der Waals surface area contributed by atoms with Crippen LogP contribution < -0.4 is 10.6 Å². The zero-order valence-corrected chi connectivity index (χ0v) is 17.2. The SMILES string of the molecule is NC(=NCCCS(=O)(=O)c1ccccc1)N1CCN(c2ccc(Cl)cc2)CC1. The predicted octanol–water partition coefficient (Wildman–Crippen LogP) is 2.64. The molecule has 0 aliphatic carbocycles. The molecule has 2 aromatic carbocycles. The quantitative estimate of drug-likeness (QED) is 0.441. The number of guanidine groups is 1. The Labute approximate surface area is 171 Å². The molecule has 0 radical (unpaired) electrons. The van der Waals surface area contributed by atoms with Gasteiger partial charge < -0.3 is 15.5 Å². The fourth-order valence-corrected chi connectivity index (χ4v) is 4.58. The molecule has 0 saturated carbocycles. The minimum absolute atomic E-state index is 0.0676. The number of aliphatic imine (C=N–C) groups is 1. The molecule has 1 aliphatic heterocycles. The van der Waals surface area contributed by atoms with Crippen molar-refractivity contribution in [3.63, 3.8) is 0 Å². The second-order valence-electron chi connectivity index (χ2n) is 6.68. The average Bonchev–Trinajstić information content (AvgIpc) is 2.72. The standard InChI is InChI=1S/C20H25ClN4O2S/c21-17-7-9-18(10-8-17)24-12-14-25(15-13-24)20(22)23-11-4-16-28(26,27)19-5-2-1-3-6-19/h1-3,5-10H,4,11-16H2,(H2,22,23). The van der Waals surface area contributed by atoms with Crippen molar-refractivity contribution >= 4 is 33.1 Å². The fraction of sp³-hybridized carbons (Fsp3) is 0.350. The van der Waals surface area contributed by atoms with Gasteiger partial charge in [0.25, 0.3) is 0 Å². The van der Waals surface area contributed by atoms with E-state index in [2.05, 4.69) is 9.89 Å². The number of nitrogens with two attached hydrogens (primary N) is 1. The number of nitrogens with zero attached hydrogens (tertiary/aromatic N) is 3. The van der Waals surface area contributed by atoms with Gasteiger partial charge in [-0.25, -0.2) is 8.42 Å². The van der Waals surface area contributed by atoms with Crippen LogP contribution in [-0.2, 0) is 9.84 Å². The maximum atomic E-state index is 12.3. The van der Waals surface area contributed by atoms with Crippen LogP contribution in [0, 0.1) is 0 Å². The lowest BCUT2D eigenvalue weighted by Gasteiger charge is -2.36. The highest BCUT2D eigenvalue weighted by atomic mass is 35.5. The zero-order valence-electron chi connectivity index (χ0n) is 15.7. The topological polar surface area (TPSA) is 79.0 Å². The van der Waals surface area contributed by atoms with Crippen molar-refractivity contribution in [2.75, 3.05) is 43.4 Å². The van der Waals surface area contributed by atoms with Gasteiger partial charge in [0.2, 0.25) is 0 Å². The van der Waals surface area contributed by atoms with Crippen molar-refractivity contribution in [2.45, 2.75) is 11.3 Å². The summed E-state index contributed by atoms with van der Waals surface area (Å²) in [6.45, 7) is 3.65. The normalized spacial score (nSPS) is 15.7. The molecule has 8 heteroatoms. The maximum absolute atomic E-state index is 12.3. The number of rotatable bonds is 6. The first-order valence-electron chi connectivity index (χ1n) is 9.29. The van der Waals surface area contributed by atoms with Gasteiger partial charge in [0.15, 0.2) is 15.8 Å². The minimum Gasteiger partial charge on any atom is -0.370 e. The highest BCUT2D eigenvalue weighted by Gasteiger charge is 2.18. The van der Waals surface area contributed by atoms with Crippen LogP contribution >= 0.6 is 11.6 Å². The lowest BCUT2D eigenvalue weighted by atomic mass is 10.2. The first-order valence-corrected chi connectivity index (χ1v) is 11.3. The van der Waals surface area contributed by atoms with Crippen LogP contribution in [0.15, 0.2) is 64.5 Å². The Hall–Kier alpha value is -2.25. The summed E-state index contributed by atoms with van der Waals surface area (Å²) in [6, 6.07) is 16.3. The minimum atomic E-state index is -3.26. The summed E-state index contributed by atoms with van der Waals surface area (Å²) in [5, 5.41) is 0.730. The third kappa shape index (κ3) is 5.39.